The van der Waals surface area contributed by atoms with Gasteiger partial charge >= 0.3 is 0 Å². The number of halogens is 1. The van der Waals surface area contributed by atoms with Gasteiger partial charge in [-0.25, -0.2) is 9.50 Å². The van der Waals surface area contributed by atoms with Crippen LogP contribution in [0, 0.1) is 6.92 Å². The molecule has 3 aromatic rings. The van der Waals surface area contributed by atoms with Crippen LogP contribution < -0.4 is 0 Å². The maximum Gasteiger partial charge on any atom is 0.129 e. The van der Waals surface area contributed by atoms with Gasteiger partial charge < -0.3 is 0 Å². The highest BCUT2D eigenvalue weighted by molar-refractivity contribution is 6.29. The fourth-order valence-corrected chi connectivity index (χ4v) is 1.89. The van der Waals surface area contributed by atoms with Crippen molar-refractivity contribution >= 4 is 17.1 Å². The summed E-state index contributed by atoms with van der Waals surface area (Å²) in [6, 6.07) is 9.63. The third-order valence-corrected chi connectivity index (χ3v) is 2.87. The molecule has 0 aliphatic heterocycles. The van der Waals surface area contributed by atoms with Crippen LogP contribution in [-0.2, 0) is 0 Å². The van der Waals surface area contributed by atoms with Gasteiger partial charge in [-0.2, -0.15) is 0 Å². The van der Waals surface area contributed by atoms with Crippen molar-refractivity contribution < 1.29 is 0 Å². The summed E-state index contributed by atoms with van der Waals surface area (Å²) in [4.78, 5) is 4.07. The quantitative estimate of drug-likeness (QED) is 0.618. The minimum absolute atomic E-state index is 0.482. The van der Waals surface area contributed by atoms with Crippen LogP contribution in [0.5, 0.6) is 0 Å². The number of fused-ring (bicyclic) bond motifs is 1. The van der Waals surface area contributed by atoms with Crippen LogP contribution in [-0.4, -0.2) is 19.8 Å². The Bertz CT molecular complexity index is 673. The van der Waals surface area contributed by atoms with Crippen LogP contribution in [0.25, 0.3) is 16.8 Å². The molecule has 0 spiro atoms. The molecule has 17 heavy (non-hydrogen) atoms. The van der Waals surface area contributed by atoms with Gasteiger partial charge in [-0.15, -0.1) is 5.10 Å². The molecule has 0 fully saturated rings. The molecular weight excluding hydrogens is 236 g/mol. The van der Waals surface area contributed by atoms with Crippen molar-refractivity contribution in [3.05, 3.63) is 47.4 Å². The molecule has 3 aromatic heterocycles. The lowest BCUT2D eigenvalue weighted by molar-refractivity contribution is 0.855. The predicted molar refractivity (Wildman–Crippen MR) is 66.0 cm³/mol. The van der Waals surface area contributed by atoms with E-state index in [4.69, 9.17) is 11.6 Å². The summed E-state index contributed by atoms with van der Waals surface area (Å²) in [5, 5.41) is 8.67. The van der Waals surface area contributed by atoms with E-state index in [2.05, 4.69) is 15.3 Å². The first kappa shape index (κ1) is 10.2. The van der Waals surface area contributed by atoms with Crippen LogP contribution >= 0.6 is 11.6 Å². The average molecular weight is 245 g/mol. The van der Waals surface area contributed by atoms with E-state index in [1.165, 1.54) is 0 Å². The number of pyridine rings is 2. The van der Waals surface area contributed by atoms with Crippen LogP contribution in [0.3, 0.4) is 0 Å². The van der Waals surface area contributed by atoms with Gasteiger partial charge in [0, 0.05) is 11.8 Å². The number of rotatable bonds is 1. The maximum absolute atomic E-state index is 5.78. The maximum atomic E-state index is 5.78. The molecule has 0 radical (unpaired) electrons. The van der Waals surface area contributed by atoms with E-state index in [0.717, 1.165) is 22.5 Å². The lowest BCUT2D eigenvalue weighted by atomic mass is 10.2. The summed E-state index contributed by atoms with van der Waals surface area (Å²) >= 11 is 5.78. The third-order valence-electron chi connectivity index (χ3n) is 2.64. The second kappa shape index (κ2) is 3.82. The fourth-order valence-electron chi connectivity index (χ4n) is 1.78. The standard InChI is InChI=1S/C12H9ClN4/c1-8-10-3-2-4-11(17(10)16-15-8)9-5-6-12(13)14-7-9/h2-7H,1H3. The smallest absolute Gasteiger partial charge is 0.129 e. The number of nitrogens with zero attached hydrogens (tertiary/aromatic N) is 4. The number of hydrogen-bond acceptors (Lipinski definition) is 3. The summed E-state index contributed by atoms with van der Waals surface area (Å²) < 4.78 is 1.81. The molecule has 0 aliphatic carbocycles. The van der Waals surface area contributed by atoms with Crippen molar-refractivity contribution in [2.75, 3.05) is 0 Å². The Labute approximate surface area is 103 Å². The van der Waals surface area contributed by atoms with Gasteiger partial charge in [-0.3, -0.25) is 0 Å². The third kappa shape index (κ3) is 1.66. The van der Waals surface area contributed by atoms with Gasteiger partial charge in [0.2, 0.25) is 0 Å². The van der Waals surface area contributed by atoms with Gasteiger partial charge in [0.15, 0.2) is 0 Å². The zero-order valence-corrected chi connectivity index (χ0v) is 9.89. The van der Waals surface area contributed by atoms with Gasteiger partial charge in [0.25, 0.3) is 0 Å². The Kier molecular flexibility index (Phi) is 2.30. The molecule has 84 valence electrons. The van der Waals surface area contributed by atoms with Crippen molar-refractivity contribution in [2.45, 2.75) is 6.92 Å². The Morgan fingerprint density at radius 3 is 2.82 bits per heavy atom. The Hall–Kier alpha value is -1.94. The van der Waals surface area contributed by atoms with E-state index in [9.17, 15) is 0 Å². The van der Waals surface area contributed by atoms with Crippen molar-refractivity contribution in [3.63, 3.8) is 0 Å². The van der Waals surface area contributed by atoms with Crippen molar-refractivity contribution in [3.8, 4) is 11.3 Å². The first-order valence-corrected chi connectivity index (χ1v) is 5.56. The minimum atomic E-state index is 0.482. The van der Waals surface area contributed by atoms with Crippen LogP contribution in [0.1, 0.15) is 5.69 Å². The summed E-state index contributed by atoms with van der Waals surface area (Å²) in [6.07, 6.45) is 1.73. The van der Waals surface area contributed by atoms with E-state index in [-0.39, 0.29) is 0 Å². The summed E-state index contributed by atoms with van der Waals surface area (Å²) in [5.74, 6) is 0. The van der Waals surface area contributed by atoms with Gasteiger partial charge in [0.05, 0.1) is 16.9 Å². The van der Waals surface area contributed by atoms with E-state index < -0.39 is 0 Å². The summed E-state index contributed by atoms with van der Waals surface area (Å²) in [5.41, 5.74) is 3.82. The molecule has 5 heteroatoms. The number of hydrogen-bond donors (Lipinski definition) is 0. The van der Waals surface area contributed by atoms with Crippen LogP contribution in [0.4, 0.5) is 0 Å². The molecule has 0 amide bonds. The molecule has 0 aliphatic rings. The van der Waals surface area contributed by atoms with Gasteiger partial charge in [-0.1, -0.05) is 22.9 Å². The predicted octanol–water partition coefficient (Wildman–Crippen LogP) is 2.75. The lowest BCUT2D eigenvalue weighted by Crippen LogP contribution is -1.94. The van der Waals surface area contributed by atoms with Gasteiger partial charge in [0.1, 0.15) is 5.15 Å². The van der Waals surface area contributed by atoms with Gasteiger partial charge in [-0.05, 0) is 31.2 Å². The van der Waals surface area contributed by atoms with Crippen molar-refractivity contribution in [2.24, 2.45) is 0 Å². The number of aryl methyl sites for hydroxylation is 1. The molecule has 0 aromatic carbocycles. The molecule has 4 nitrogen and oxygen atoms in total. The Morgan fingerprint density at radius 1 is 1.18 bits per heavy atom. The van der Waals surface area contributed by atoms with E-state index in [0.29, 0.717) is 5.15 Å². The highest BCUT2D eigenvalue weighted by Crippen LogP contribution is 2.21. The van der Waals surface area contributed by atoms with E-state index in [1.54, 1.807) is 16.8 Å². The summed E-state index contributed by atoms with van der Waals surface area (Å²) in [6.45, 7) is 1.94. The molecule has 3 rings (SSSR count). The fraction of sp³-hybridized carbons (Fsp3) is 0.0833. The monoisotopic (exact) mass is 244 g/mol. The van der Waals surface area contributed by atoms with E-state index in [1.807, 2.05) is 31.2 Å². The molecule has 0 N–H and O–H groups in total. The zero-order valence-electron chi connectivity index (χ0n) is 9.13. The highest BCUT2D eigenvalue weighted by Gasteiger charge is 2.07. The zero-order chi connectivity index (χ0) is 11.8. The first-order valence-electron chi connectivity index (χ1n) is 5.18. The van der Waals surface area contributed by atoms with Crippen molar-refractivity contribution in [1.82, 2.24) is 19.8 Å². The minimum Gasteiger partial charge on any atom is -0.244 e. The molecule has 0 unspecified atom stereocenters. The molecule has 0 saturated carbocycles. The second-order valence-electron chi connectivity index (χ2n) is 3.75. The summed E-state index contributed by atoms with van der Waals surface area (Å²) in [7, 11) is 0. The molecule has 0 bridgehead atoms. The van der Waals surface area contributed by atoms with Crippen molar-refractivity contribution in [1.29, 1.82) is 0 Å². The first-order chi connectivity index (χ1) is 8.25. The number of aromatic nitrogens is 4. The van der Waals surface area contributed by atoms with Crippen LogP contribution in [0.15, 0.2) is 36.5 Å². The molecule has 0 atom stereocenters. The Balaban J connectivity index is 2.26. The molecule has 3 heterocycles. The van der Waals surface area contributed by atoms with Crippen LogP contribution in [0.2, 0.25) is 5.15 Å². The lowest BCUT2D eigenvalue weighted by Gasteiger charge is -2.03. The second-order valence-corrected chi connectivity index (χ2v) is 4.14. The largest absolute Gasteiger partial charge is 0.244 e. The average Bonchev–Trinajstić information content (AvgIpc) is 2.73. The molecular formula is C12H9ClN4. The molecule has 0 saturated heterocycles. The normalized spacial score (nSPS) is 10.9. The SMILES string of the molecule is Cc1nnn2c(-c3ccc(Cl)nc3)cccc12. The van der Waals surface area contributed by atoms with E-state index >= 15 is 0 Å². The highest BCUT2D eigenvalue weighted by atomic mass is 35.5. The topological polar surface area (TPSA) is 43.1 Å². The Morgan fingerprint density at radius 2 is 2.06 bits per heavy atom.